The van der Waals surface area contributed by atoms with E-state index in [0.717, 1.165) is 11.8 Å². The second-order valence-corrected chi connectivity index (χ2v) is 8.80. The predicted octanol–water partition coefficient (Wildman–Crippen LogP) is 3.65. The number of ether oxygens (including phenoxy) is 1. The minimum Gasteiger partial charge on any atom is -0.496 e. The Hall–Kier alpha value is -3.59. The zero-order valence-corrected chi connectivity index (χ0v) is 17.8. The summed E-state index contributed by atoms with van der Waals surface area (Å²) in [6, 6.07) is 17.0. The van der Waals surface area contributed by atoms with Crippen LogP contribution in [0.4, 0.5) is 5.69 Å². The van der Waals surface area contributed by atoms with Crippen molar-refractivity contribution in [1.29, 1.82) is 0 Å². The van der Waals surface area contributed by atoms with Crippen LogP contribution in [0.25, 0.3) is 0 Å². The van der Waals surface area contributed by atoms with Crippen molar-refractivity contribution < 1.29 is 22.4 Å². The van der Waals surface area contributed by atoms with E-state index in [1.807, 2.05) is 24.3 Å². The molecule has 0 fully saturated rings. The average molecular weight is 439 g/mol. The van der Waals surface area contributed by atoms with E-state index in [0.29, 0.717) is 29.1 Å². The van der Waals surface area contributed by atoms with E-state index in [4.69, 9.17) is 9.15 Å². The third-order valence-electron chi connectivity index (χ3n) is 4.88. The highest BCUT2D eigenvalue weighted by atomic mass is 32.2. The van der Waals surface area contributed by atoms with Gasteiger partial charge in [0.15, 0.2) is 5.76 Å². The lowest BCUT2D eigenvalue weighted by Crippen LogP contribution is -2.27. The number of benzene rings is 2. The molecule has 9 heteroatoms. The SMILES string of the molecule is COc1ccccc1C1=NN(C(=O)c2ccco2)C(c2ccccc2NS(C)(=O)=O)C1. The van der Waals surface area contributed by atoms with Crippen molar-refractivity contribution >= 4 is 27.3 Å². The number of nitrogens with zero attached hydrogens (tertiary/aromatic N) is 2. The van der Waals surface area contributed by atoms with Crippen molar-refractivity contribution in [2.45, 2.75) is 12.5 Å². The highest BCUT2D eigenvalue weighted by Crippen LogP contribution is 2.39. The fraction of sp³-hybridized carbons (Fsp3) is 0.182. The van der Waals surface area contributed by atoms with Gasteiger partial charge in [-0.3, -0.25) is 9.52 Å². The standard InChI is InChI=1S/C22H21N3O5S/c1-29-20-11-6-4-9-16(20)18-14-19(25(23-18)22(26)21-12-7-13-30-21)15-8-3-5-10-17(15)24-31(2,27)28/h3-13,19,24H,14H2,1-2H3. The summed E-state index contributed by atoms with van der Waals surface area (Å²) >= 11 is 0. The Labute approximate surface area is 180 Å². The number of nitrogens with one attached hydrogen (secondary N) is 1. The number of carbonyl (C=O) groups excluding carboxylic acids is 1. The van der Waals surface area contributed by atoms with Crippen molar-refractivity contribution in [2.75, 3.05) is 18.1 Å². The molecule has 31 heavy (non-hydrogen) atoms. The Kier molecular flexibility index (Phi) is 5.51. The molecular weight excluding hydrogens is 418 g/mol. The van der Waals surface area contributed by atoms with E-state index in [-0.39, 0.29) is 5.76 Å². The van der Waals surface area contributed by atoms with Crippen LogP contribution in [0.3, 0.4) is 0 Å². The van der Waals surface area contributed by atoms with Gasteiger partial charge in [0.2, 0.25) is 10.0 Å². The van der Waals surface area contributed by atoms with Crippen molar-refractivity contribution in [1.82, 2.24) is 5.01 Å². The van der Waals surface area contributed by atoms with Crippen molar-refractivity contribution in [3.05, 3.63) is 83.8 Å². The van der Waals surface area contributed by atoms with Crippen molar-refractivity contribution in [2.24, 2.45) is 5.10 Å². The summed E-state index contributed by atoms with van der Waals surface area (Å²) in [6.45, 7) is 0. The summed E-state index contributed by atoms with van der Waals surface area (Å²) in [4.78, 5) is 13.2. The number of hydrogen-bond acceptors (Lipinski definition) is 6. The molecule has 8 nitrogen and oxygen atoms in total. The summed E-state index contributed by atoms with van der Waals surface area (Å²) in [6.07, 6.45) is 2.87. The molecule has 1 aliphatic heterocycles. The molecule has 1 amide bonds. The van der Waals surface area contributed by atoms with E-state index in [2.05, 4.69) is 9.82 Å². The fourth-order valence-corrected chi connectivity index (χ4v) is 4.16. The molecule has 0 saturated heterocycles. The first-order valence-electron chi connectivity index (χ1n) is 9.52. The molecular formula is C22H21N3O5S. The van der Waals surface area contributed by atoms with Gasteiger partial charge in [-0.25, -0.2) is 13.4 Å². The van der Waals surface area contributed by atoms with Gasteiger partial charge in [-0.05, 0) is 30.3 Å². The highest BCUT2D eigenvalue weighted by molar-refractivity contribution is 7.92. The Morgan fingerprint density at radius 3 is 2.58 bits per heavy atom. The van der Waals surface area contributed by atoms with Gasteiger partial charge in [-0.1, -0.05) is 30.3 Å². The van der Waals surface area contributed by atoms with E-state index in [9.17, 15) is 13.2 Å². The molecule has 4 rings (SSSR count). The summed E-state index contributed by atoms with van der Waals surface area (Å²) in [5, 5.41) is 5.94. The maximum absolute atomic E-state index is 13.2. The number of para-hydroxylation sites is 2. The normalized spacial score (nSPS) is 16.1. The first kappa shape index (κ1) is 20.7. The molecule has 2 heterocycles. The molecule has 1 atom stereocenters. The maximum atomic E-state index is 13.2. The molecule has 3 aromatic rings. The third-order valence-corrected chi connectivity index (χ3v) is 5.47. The van der Waals surface area contributed by atoms with Gasteiger partial charge < -0.3 is 9.15 Å². The Morgan fingerprint density at radius 1 is 1.13 bits per heavy atom. The van der Waals surface area contributed by atoms with Crippen molar-refractivity contribution in [3.8, 4) is 5.75 Å². The smallest absolute Gasteiger partial charge is 0.310 e. The number of hydrogen-bond donors (Lipinski definition) is 1. The van der Waals surface area contributed by atoms with Gasteiger partial charge in [0.25, 0.3) is 0 Å². The Morgan fingerprint density at radius 2 is 1.87 bits per heavy atom. The van der Waals surface area contributed by atoms with Crippen LogP contribution < -0.4 is 9.46 Å². The zero-order chi connectivity index (χ0) is 22.0. The largest absolute Gasteiger partial charge is 0.496 e. The minimum absolute atomic E-state index is 0.142. The topological polar surface area (TPSA) is 101 Å². The number of anilines is 1. The molecule has 1 unspecified atom stereocenters. The van der Waals surface area contributed by atoms with Crippen LogP contribution in [0.15, 0.2) is 76.4 Å². The van der Waals surface area contributed by atoms with Crippen LogP contribution in [0.5, 0.6) is 5.75 Å². The molecule has 1 N–H and O–H groups in total. The van der Waals surface area contributed by atoms with E-state index >= 15 is 0 Å². The quantitative estimate of drug-likeness (QED) is 0.632. The molecule has 0 spiro atoms. The van der Waals surface area contributed by atoms with E-state index in [1.54, 1.807) is 43.5 Å². The lowest BCUT2D eigenvalue weighted by Gasteiger charge is -2.23. The van der Waals surface area contributed by atoms with Gasteiger partial charge >= 0.3 is 5.91 Å². The van der Waals surface area contributed by atoms with Crippen LogP contribution in [-0.2, 0) is 10.0 Å². The molecule has 0 bridgehead atoms. The van der Waals surface area contributed by atoms with Gasteiger partial charge in [0.1, 0.15) is 5.75 Å². The number of carbonyl (C=O) groups is 1. The molecule has 160 valence electrons. The van der Waals surface area contributed by atoms with Gasteiger partial charge in [-0.2, -0.15) is 5.10 Å². The predicted molar refractivity (Wildman–Crippen MR) is 117 cm³/mol. The maximum Gasteiger partial charge on any atom is 0.310 e. The van der Waals surface area contributed by atoms with Gasteiger partial charge in [0.05, 0.1) is 37.1 Å². The second-order valence-electron chi connectivity index (χ2n) is 7.06. The first-order valence-corrected chi connectivity index (χ1v) is 11.4. The summed E-state index contributed by atoms with van der Waals surface area (Å²) < 4.78 is 37.1. The molecule has 0 radical (unpaired) electrons. The number of methoxy groups -OCH3 is 1. The minimum atomic E-state index is -3.52. The first-order chi connectivity index (χ1) is 14.9. The Balaban J connectivity index is 1.80. The molecule has 2 aromatic carbocycles. The zero-order valence-electron chi connectivity index (χ0n) is 17.0. The fourth-order valence-electron chi connectivity index (χ4n) is 3.58. The van der Waals surface area contributed by atoms with Gasteiger partial charge in [-0.15, -0.1) is 0 Å². The van der Waals surface area contributed by atoms with Crippen molar-refractivity contribution in [3.63, 3.8) is 0 Å². The average Bonchev–Trinajstić information content (AvgIpc) is 3.43. The number of sulfonamides is 1. The van der Waals surface area contributed by atoms with Crippen LogP contribution in [0.1, 0.15) is 34.1 Å². The monoisotopic (exact) mass is 439 g/mol. The lowest BCUT2D eigenvalue weighted by atomic mass is 9.96. The number of furan rings is 1. The molecule has 0 aliphatic carbocycles. The van der Waals surface area contributed by atoms with Crippen LogP contribution in [0.2, 0.25) is 0 Å². The molecule has 1 aliphatic rings. The summed E-state index contributed by atoms with van der Waals surface area (Å²) in [7, 11) is -1.94. The number of amides is 1. The summed E-state index contributed by atoms with van der Waals surface area (Å²) in [5.41, 5.74) is 2.43. The summed E-state index contributed by atoms with van der Waals surface area (Å²) in [5.74, 6) is 0.354. The third kappa shape index (κ3) is 4.31. The van der Waals surface area contributed by atoms with Crippen LogP contribution in [0, 0.1) is 0 Å². The van der Waals surface area contributed by atoms with Crippen LogP contribution >= 0.6 is 0 Å². The van der Waals surface area contributed by atoms with Crippen LogP contribution in [-0.4, -0.2) is 38.4 Å². The molecule has 0 saturated carbocycles. The van der Waals surface area contributed by atoms with Gasteiger partial charge in [0, 0.05) is 17.5 Å². The molecule has 1 aromatic heterocycles. The van der Waals surface area contributed by atoms with E-state index < -0.39 is 22.0 Å². The number of rotatable bonds is 6. The Bertz CT molecular complexity index is 1240. The lowest BCUT2D eigenvalue weighted by molar-refractivity contribution is 0.0679. The second kappa shape index (κ2) is 8.27. The number of hydrazone groups is 1. The highest BCUT2D eigenvalue weighted by Gasteiger charge is 2.36. The van der Waals surface area contributed by atoms with E-state index in [1.165, 1.54) is 11.3 Å².